The topological polar surface area (TPSA) is 339 Å². The number of anilines is 5. The van der Waals surface area contributed by atoms with Crippen LogP contribution in [0.3, 0.4) is 0 Å². The first-order chi connectivity index (χ1) is 57.9. The largest absolute Gasteiger partial charge is 0.534 e. The fourth-order valence-electron chi connectivity index (χ4n) is 12.4. The van der Waals surface area contributed by atoms with E-state index in [0.717, 1.165) is 89.1 Å². The van der Waals surface area contributed by atoms with Gasteiger partial charge in [-0.15, -0.1) is 6.58 Å². The van der Waals surface area contributed by atoms with Crippen LogP contribution in [0.5, 0.6) is 28.7 Å². The Morgan fingerprint density at radius 1 is 0.339 bits per heavy atom. The third-order valence-electron chi connectivity index (χ3n) is 18.8. The van der Waals surface area contributed by atoms with Crippen LogP contribution in [0.4, 0.5) is 103 Å². The molecule has 10 rings (SSSR count). The first-order valence-corrected chi connectivity index (χ1v) is 44.1. The first kappa shape index (κ1) is 103. The molecule has 5 aliphatic rings. The van der Waals surface area contributed by atoms with Gasteiger partial charge in [0.1, 0.15) is 34.9 Å². The smallest absolute Gasteiger partial charge is 0.383 e. The second-order valence-corrected chi connectivity index (χ2v) is 34.5. The van der Waals surface area contributed by atoms with E-state index in [0.29, 0.717) is 142 Å². The number of methoxy groups -OCH3 is 2. The van der Waals surface area contributed by atoms with Gasteiger partial charge < -0.3 is 59.8 Å². The highest BCUT2D eigenvalue weighted by Gasteiger charge is 2.53. The maximum absolute atomic E-state index is 14.4. The molecule has 0 unspecified atom stereocenters. The van der Waals surface area contributed by atoms with Gasteiger partial charge in [0, 0.05) is 165 Å². The molecule has 0 N–H and O–H groups in total. The highest BCUT2D eigenvalue weighted by atomic mass is 32.2. The Balaban J connectivity index is 0.000000240. The van der Waals surface area contributed by atoms with Gasteiger partial charge in [-0.3, -0.25) is 19.6 Å². The summed E-state index contributed by atoms with van der Waals surface area (Å²) in [6.07, 6.45) is 2.76. The molecular weight excluding hydrogens is 1800 g/mol. The molecule has 5 aliphatic heterocycles. The van der Waals surface area contributed by atoms with Crippen LogP contribution in [0.15, 0.2) is 104 Å². The lowest BCUT2D eigenvalue weighted by Crippen LogP contribution is -2.47. The molecule has 0 aromatic heterocycles. The predicted molar refractivity (Wildman–Crippen MR) is 417 cm³/mol. The number of piperazine rings is 5. The molecule has 690 valence electrons. The van der Waals surface area contributed by atoms with Gasteiger partial charge in [0.2, 0.25) is 0 Å². The maximum Gasteiger partial charge on any atom is 0.534 e. The molecule has 5 heterocycles. The monoisotopic (exact) mass is 1890 g/mol. The van der Waals surface area contributed by atoms with E-state index >= 15 is 0 Å². The molecule has 5 aromatic rings. The van der Waals surface area contributed by atoms with Gasteiger partial charge in [0.25, 0.3) is 0 Å². The molecule has 0 atom stereocenters. The van der Waals surface area contributed by atoms with Crippen molar-refractivity contribution in [3.63, 3.8) is 0 Å². The molecule has 5 fully saturated rings. The molecule has 30 nitrogen and oxygen atoms in total. The Hall–Kier alpha value is -9.41. The number of hydrogen-bond donors (Lipinski definition) is 0. The van der Waals surface area contributed by atoms with Crippen LogP contribution in [0.2, 0.25) is 0 Å². The SMILES string of the molecule is C=CCN1CCN(c2cccc(OS(=O)(=O)C(F)(F)F)c2F)CC1.CCCN1CCN(c2cccc(OS(=O)(=O)C(F)(F)F)c2C#N)CC1.CCN1CCN(c2cccc(OS(=O)(=O)C(F)(F)F)c2C#N)CC1.COCCN1CCN(c2cccc(OS(=O)(=O)C(F)(F)F)c2C#N)CC1.COCCN1CCN(c2cccc(OS(=O)(=O)C(F)(F)F)c2F)CC1. The number of nitrogens with zero attached hydrogens (tertiary/aromatic N) is 13. The van der Waals surface area contributed by atoms with Crippen LogP contribution in [-0.4, -0.2) is 285 Å². The van der Waals surface area contributed by atoms with Gasteiger partial charge in [-0.1, -0.05) is 50.3 Å². The highest BCUT2D eigenvalue weighted by molar-refractivity contribution is 7.89. The quantitative estimate of drug-likeness (QED) is 0.0215. The standard InChI is InChI=1S/C15H18F3N3O4S.C15H18F3N3O3S.C14H18F4N2O4S.C14H16F4N2O3S.C14H16F3N3O3S/c1-24-10-9-20-5-7-21(8-6-20)13-3-2-4-14(12(13)11-19)25-26(22,23)15(16,17)18;1-2-6-20-7-9-21(10-8-20)13-4-3-5-14(12(13)11-19)24-25(22,23)15(16,17)18;1-23-10-9-19-5-7-20(8-6-19)11-3-2-4-12(13(11)15)24-25(21,22)14(16,17)18;1-2-6-19-7-9-20(10-8-19)11-4-3-5-12(13(11)15)23-24(21,22)14(16,17)18;1-2-19-6-8-20(9-7-19)12-4-3-5-13(11(12)10-18)23-24(21,22)14(15,16)17/h2-4H,5-10H2,1H3;3-5H,2,6-10H2,1H3;2-4H,5-10H2,1H3;2-5H,1,6-10H2;3-5H,2,6-9H2,1H3. The molecule has 5 aromatic carbocycles. The summed E-state index contributed by atoms with van der Waals surface area (Å²) in [5.41, 5.74) is -27.5. The predicted octanol–water partition coefficient (Wildman–Crippen LogP) is 9.99. The summed E-state index contributed by atoms with van der Waals surface area (Å²) in [7, 11) is -26.1. The van der Waals surface area contributed by atoms with Crippen LogP contribution in [0.25, 0.3) is 0 Å². The van der Waals surface area contributed by atoms with Crippen molar-refractivity contribution in [1.29, 1.82) is 15.8 Å². The van der Waals surface area contributed by atoms with E-state index in [9.17, 15) is 133 Å². The summed E-state index contributed by atoms with van der Waals surface area (Å²) in [6, 6.07) is 24.1. The lowest BCUT2D eigenvalue weighted by atomic mass is 10.1. The van der Waals surface area contributed by atoms with E-state index < -0.39 is 119 Å². The Morgan fingerprint density at radius 2 is 0.556 bits per heavy atom. The number of nitriles is 3. The summed E-state index contributed by atoms with van der Waals surface area (Å²) < 4.78 is 357. The summed E-state index contributed by atoms with van der Waals surface area (Å²) in [5.74, 6) is -6.10. The van der Waals surface area contributed by atoms with Crippen molar-refractivity contribution in [1.82, 2.24) is 24.5 Å². The lowest BCUT2D eigenvalue weighted by Gasteiger charge is -2.36. The number of alkyl halides is 15. The van der Waals surface area contributed by atoms with Gasteiger partial charge >= 0.3 is 78.1 Å². The second kappa shape index (κ2) is 44.6. The Labute approximate surface area is 705 Å². The Kier molecular flexibility index (Phi) is 37.2. The van der Waals surface area contributed by atoms with Gasteiger partial charge in [-0.05, 0) is 80.2 Å². The minimum Gasteiger partial charge on any atom is -0.383 e. The van der Waals surface area contributed by atoms with Crippen LogP contribution in [0.1, 0.15) is 37.0 Å². The molecular formula is C72H86F17N13O17S5. The average molecular weight is 1890 g/mol. The zero-order valence-corrected chi connectivity index (χ0v) is 70.5. The van der Waals surface area contributed by atoms with Crippen molar-refractivity contribution >= 4 is 79.0 Å². The zero-order chi connectivity index (χ0) is 92.6. The molecule has 124 heavy (non-hydrogen) atoms. The summed E-state index contributed by atoms with van der Waals surface area (Å²) >= 11 is 0. The molecule has 52 heteroatoms. The Bertz CT molecular complexity index is 5110. The molecule has 0 spiro atoms. The van der Waals surface area contributed by atoms with Gasteiger partial charge in [-0.2, -0.15) is 124 Å². The number of ether oxygens (including phenoxy) is 2. The molecule has 0 radical (unpaired) electrons. The molecule has 0 saturated carbocycles. The van der Waals surface area contributed by atoms with E-state index in [1.165, 1.54) is 42.5 Å². The van der Waals surface area contributed by atoms with Gasteiger partial charge in [0.05, 0.1) is 41.7 Å². The van der Waals surface area contributed by atoms with E-state index in [4.69, 9.17) is 9.47 Å². The van der Waals surface area contributed by atoms with Crippen molar-refractivity contribution in [2.24, 2.45) is 0 Å². The van der Waals surface area contributed by atoms with Crippen LogP contribution >= 0.6 is 0 Å². The highest BCUT2D eigenvalue weighted by Crippen LogP contribution is 2.40. The Morgan fingerprint density at radius 3 is 0.782 bits per heavy atom. The van der Waals surface area contributed by atoms with Gasteiger partial charge in [-0.25, -0.2) is 8.78 Å². The van der Waals surface area contributed by atoms with Crippen molar-refractivity contribution < 1.29 is 147 Å². The fourth-order valence-corrected chi connectivity index (χ4v) is 14.7. The molecule has 5 saturated heterocycles. The van der Waals surface area contributed by atoms with E-state index in [2.05, 4.69) is 58.9 Å². The van der Waals surface area contributed by atoms with E-state index in [1.54, 1.807) is 66.5 Å². The number of benzene rings is 5. The van der Waals surface area contributed by atoms with Crippen molar-refractivity contribution in [2.45, 2.75) is 47.8 Å². The molecule has 0 bridgehead atoms. The normalized spacial score (nSPS) is 16.7. The van der Waals surface area contributed by atoms with E-state index in [1.807, 2.05) is 21.6 Å². The van der Waals surface area contributed by atoms with Crippen molar-refractivity contribution in [2.75, 3.05) is 216 Å². The van der Waals surface area contributed by atoms with Crippen LogP contribution in [0, 0.1) is 45.6 Å². The average Bonchev–Trinajstić information content (AvgIpc) is 0.797. The third-order valence-corrected chi connectivity index (χ3v) is 23.6. The summed E-state index contributed by atoms with van der Waals surface area (Å²) in [6.45, 7) is 24.9. The number of likely N-dealkylation sites (N-methyl/N-ethyl adjacent to an activating group) is 1. The summed E-state index contributed by atoms with van der Waals surface area (Å²) in [4.78, 5) is 19.5. The maximum atomic E-state index is 14.4. The van der Waals surface area contributed by atoms with Crippen LogP contribution in [-0.2, 0) is 60.1 Å². The minimum absolute atomic E-state index is 0.00117. The lowest BCUT2D eigenvalue weighted by molar-refractivity contribution is -0.0505. The zero-order valence-electron chi connectivity index (χ0n) is 66.5. The number of hydrogen-bond acceptors (Lipinski definition) is 30. The summed E-state index contributed by atoms with van der Waals surface area (Å²) in [5, 5.41) is 27.9. The van der Waals surface area contributed by atoms with Crippen molar-refractivity contribution in [3.8, 4) is 47.0 Å². The first-order valence-electron chi connectivity index (χ1n) is 37.0. The van der Waals surface area contributed by atoms with Crippen LogP contribution < -0.4 is 45.4 Å². The van der Waals surface area contributed by atoms with Crippen molar-refractivity contribution in [3.05, 3.63) is 132 Å². The molecule has 0 aliphatic carbocycles. The third kappa shape index (κ3) is 28.3. The number of halogens is 17. The second-order valence-electron chi connectivity index (χ2n) is 26.9. The minimum atomic E-state index is -5.92. The van der Waals surface area contributed by atoms with Gasteiger partial charge in [0.15, 0.2) is 40.4 Å². The molecule has 0 amide bonds. The number of rotatable bonds is 26. The van der Waals surface area contributed by atoms with E-state index in [-0.39, 0.29) is 28.1 Å². The fraction of sp³-hybridized carbons (Fsp3) is 0.514.